The van der Waals surface area contributed by atoms with E-state index in [0.29, 0.717) is 12.8 Å². The van der Waals surface area contributed by atoms with Crippen molar-refractivity contribution < 1.29 is 18.0 Å². The molecule has 0 saturated heterocycles. The number of hydrogen-bond acceptors (Lipinski definition) is 3. The van der Waals surface area contributed by atoms with Crippen molar-refractivity contribution in [3.05, 3.63) is 23.2 Å². The van der Waals surface area contributed by atoms with Gasteiger partial charge in [0.25, 0.3) is 5.91 Å². The van der Waals surface area contributed by atoms with E-state index in [0.717, 1.165) is 0 Å². The molecule has 1 amide bonds. The molecule has 20 heavy (non-hydrogen) atoms. The molecule has 1 aliphatic rings. The minimum atomic E-state index is -4.14. The normalized spacial score (nSPS) is 23.4. The van der Waals surface area contributed by atoms with Gasteiger partial charge < -0.3 is 5.32 Å². The first kappa shape index (κ1) is 15.0. The molecule has 0 bridgehead atoms. The van der Waals surface area contributed by atoms with Gasteiger partial charge in [0.05, 0.1) is 18.3 Å². The average molecular weight is 308 g/mol. The minimum absolute atomic E-state index is 0.0424. The van der Waals surface area contributed by atoms with Gasteiger partial charge in [-0.3, -0.25) is 4.79 Å². The van der Waals surface area contributed by atoms with Crippen LogP contribution in [0, 0.1) is 5.92 Å². The first-order valence-corrected chi connectivity index (χ1v) is 6.59. The molecule has 1 N–H and O–H groups in total. The second kappa shape index (κ2) is 5.95. The van der Waals surface area contributed by atoms with E-state index < -0.39 is 18.0 Å². The van der Waals surface area contributed by atoms with Crippen molar-refractivity contribution in [2.75, 3.05) is 0 Å². The van der Waals surface area contributed by atoms with Gasteiger partial charge in [0, 0.05) is 6.04 Å². The second-order valence-corrected chi connectivity index (χ2v) is 5.18. The molecule has 0 unspecified atom stereocenters. The van der Waals surface area contributed by atoms with Crippen LogP contribution in [0.5, 0.6) is 0 Å². The predicted octanol–water partition coefficient (Wildman–Crippen LogP) is 2.98. The van der Waals surface area contributed by atoms with Gasteiger partial charge in [-0.1, -0.05) is 11.6 Å². The molecule has 1 saturated carbocycles. The summed E-state index contributed by atoms with van der Waals surface area (Å²) in [6, 6.07) is -0.251. The van der Waals surface area contributed by atoms with Crippen LogP contribution in [0.25, 0.3) is 0 Å². The fraction of sp³-hybridized carbons (Fsp3) is 0.583. The lowest BCUT2D eigenvalue weighted by atomic mass is 9.85. The molecule has 0 aliphatic heterocycles. The first-order valence-electron chi connectivity index (χ1n) is 6.21. The zero-order valence-corrected chi connectivity index (χ0v) is 11.2. The van der Waals surface area contributed by atoms with Crippen LogP contribution in [0.3, 0.4) is 0 Å². The monoisotopic (exact) mass is 307 g/mol. The molecule has 1 aromatic rings. The van der Waals surface area contributed by atoms with Gasteiger partial charge in [0.1, 0.15) is 10.8 Å². The predicted molar refractivity (Wildman–Crippen MR) is 66.3 cm³/mol. The third-order valence-corrected chi connectivity index (χ3v) is 3.57. The number of rotatable bonds is 2. The number of aromatic nitrogens is 2. The van der Waals surface area contributed by atoms with Crippen molar-refractivity contribution >= 4 is 17.5 Å². The molecular weight excluding hydrogens is 295 g/mol. The van der Waals surface area contributed by atoms with Crippen molar-refractivity contribution in [1.82, 2.24) is 15.3 Å². The average Bonchev–Trinajstić information content (AvgIpc) is 2.39. The van der Waals surface area contributed by atoms with Gasteiger partial charge in [-0.15, -0.1) is 0 Å². The van der Waals surface area contributed by atoms with Crippen LogP contribution < -0.4 is 5.32 Å². The smallest absolute Gasteiger partial charge is 0.348 e. The minimum Gasteiger partial charge on any atom is -0.348 e. The largest absolute Gasteiger partial charge is 0.391 e. The highest BCUT2D eigenvalue weighted by Crippen LogP contribution is 2.37. The van der Waals surface area contributed by atoms with Crippen molar-refractivity contribution in [2.45, 2.75) is 37.9 Å². The molecule has 8 heteroatoms. The van der Waals surface area contributed by atoms with Crippen LogP contribution in [0.15, 0.2) is 12.4 Å². The summed E-state index contributed by atoms with van der Waals surface area (Å²) in [5.41, 5.74) is 0.104. The van der Waals surface area contributed by atoms with E-state index in [4.69, 9.17) is 11.6 Å². The number of carbonyl (C=O) groups excluding carboxylic acids is 1. The summed E-state index contributed by atoms with van der Waals surface area (Å²) in [7, 11) is 0. The molecule has 2 rings (SSSR count). The summed E-state index contributed by atoms with van der Waals surface area (Å²) in [5.74, 6) is -1.70. The third kappa shape index (κ3) is 3.82. The van der Waals surface area contributed by atoms with E-state index in [1.165, 1.54) is 12.4 Å². The Hall–Kier alpha value is -1.37. The number of halogens is 4. The Morgan fingerprint density at radius 1 is 1.20 bits per heavy atom. The van der Waals surface area contributed by atoms with Crippen molar-refractivity contribution in [1.29, 1.82) is 0 Å². The number of amides is 1. The SMILES string of the molecule is O=C(NC1CCC(C(F)(F)F)CC1)c1cnc(Cl)cn1. The molecule has 1 fully saturated rings. The van der Waals surface area contributed by atoms with Crippen molar-refractivity contribution in [3.8, 4) is 0 Å². The first-order chi connectivity index (χ1) is 9.36. The van der Waals surface area contributed by atoms with Crippen LogP contribution in [-0.2, 0) is 0 Å². The summed E-state index contributed by atoms with van der Waals surface area (Å²) in [5, 5.41) is 2.85. The zero-order chi connectivity index (χ0) is 14.8. The molecule has 110 valence electrons. The van der Waals surface area contributed by atoms with Crippen LogP contribution in [0.4, 0.5) is 13.2 Å². The van der Waals surface area contributed by atoms with E-state index in [1.807, 2.05) is 0 Å². The van der Waals surface area contributed by atoms with Crippen molar-refractivity contribution in [3.63, 3.8) is 0 Å². The summed E-state index contributed by atoms with van der Waals surface area (Å²) < 4.78 is 37.5. The Balaban J connectivity index is 1.86. The van der Waals surface area contributed by atoms with Crippen LogP contribution >= 0.6 is 11.6 Å². The van der Waals surface area contributed by atoms with Gasteiger partial charge in [-0.2, -0.15) is 13.2 Å². The fourth-order valence-corrected chi connectivity index (χ4v) is 2.35. The maximum atomic E-state index is 12.5. The van der Waals surface area contributed by atoms with Gasteiger partial charge in [0.2, 0.25) is 0 Å². The van der Waals surface area contributed by atoms with Gasteiger partial charge in [0.15, 0.2) is 0 Å². The van der Waals surface area contributed by atoms with E-state index >= 15 is 0 Å². The third-order valence-electron chi connectivity index (χ3n) is 3.38. The second-order valence-electron chi connectivity index (χ2n) is 4.79. The van der Waals surface area contributed by atoms with Crippen LogP contribution in [0.1, 0.15) is 36.2 Å². The molecule has 4 nitrogen and oxygen atoms in total. The molecule has 0 spiro atoms. The topological polar surface area (TPSA) is 54.9 Å². The summed E-state index contributed by atoms with van der Waals surface area (Å²) in [4.78, 5) is 19.4. The molecule has 0 radical (unpaired) electrons. The summed E-state index contributed by atoms with van der Waals surface area (Å²) in [6.45, 7) is 0. The Kier molecular flexibility index (Phi) is 4.47. The van der Waals surface area contributed by atoms with Crippen molar-refractivity contribution in [2.24, 2.45) is 5.92 Å². The van der Waals surface area contributed by atoms with Gasteiger partial charge >= 0.3 is 6.18 Å². The number of nitrogens with zero attached hydrogens (tertiary/aromatic N) is 2. The highest BCUT2D eigenvalue weighted by atomic mass is 35.5. The lowest BCUT2D eigenvalue weighted by molar-refractivity contribution is -0.182. The fourth-order valence-electron chi connectivity index (χ4n) is 2.25. The zero-order valence-electron chi connectivity index (χ0n) is 10.5. The lowest BCUT2D eigenvalue weighted by Crippen LogP contribution is -2.40. The number of hydrogen-bond donors (Lipinski definition) is 1. The molecule has 0 aromatic carbocycles. The molecule has 0 atom stereocenters. The summed E-state index contributed by atoms with van der Waals surface area (Å²) in [6.07, 6.45) is -0.942. The van der Waals surface area contributed by atoms with E-state index in [2.05, 4.69) is 15.3 Å². The Morgan fingerprint density at radius 3 is 2.35 bits per heavy atom. The molecule has 1 heterocycles. The van der Waals surface area contributed by atoms with Crippen LogP contribution in [0.2, 0.25) is 5.15 Å². The van der Waals surface area contributed by atoms with Gasteiger partial charge in [-0.25, -0.2) is 9.97 Å². The molecule has 1 aromatic heterocycles. The highest BCUT2D eigenvalue weighted by Gasteiger charge is 2.41. The van der Waals surface area contributed by atoms with E-state index in [9.17, 15) is 18.0 Å². The lowest BCUT2D eigenvalue weighted by Gasteiger charge is -2.30. The Bertz CT molecular complexity index is 470. The Morgan fingerprint density at radius 2 is 1.85 bits per heavy atom. The number of nitrogens with one attached hydrogen (secondary N) is 1. The molecule has 1 aliphatic carbocycles. The highest BCUT2D eigenvalue weighted by molar-refractivity contribution is 6.29. The quantitative estimate of drug-likeness (QED) is 0.914. The molecular formula is C12H13ClF3N3O. The maximum absolute atomic E-state index is 12.5. The standard InChI is InChI=1S/C12H13ClF3N3O/c13-10-6-17-9(5-18-10)11(20)19-8-3-1-7(2-4-8)12(14,15)16/h5-8H,1-4H2,(H,19,20). The van der Waals surface area contributed by atoms with E-state index in [-0.39, 0.29) is 29.7 Å². The van der Waals surface area contributed by atoms with Gasteiger partial charge in [-0.05, 0) is 25.7 Å². The summed E-state index contributed by atoms with van der Waals surface area (Å²) >= 11 is 5.56. The van der Waals surface area contributed by atoms with E-state index in [1.54, 1.807) is 0 Å². The Labute approximate surface area is 118 Å². The number of alkyl halides is 3. The van der Waals surface area contributed by atoms with Crippen LogP contribution in [-0.4, -0.2) is 28.1 Å². The number of carbonyl (C=O) groups is 1. The maximum Gasteiger partial charge on any atom is 0.391 e.